The molecule has 0 aromatic heterocycles. The lowest BCUT2D eigenvalue weighted by Crippen LogP contribution is -2.32. The summed E-state index contributed by atoms with van der Waals surface area (Å²) in [6, 6.07) is 8.64. The zero-order valence-corrected chi connectivity index (χ0v) is 14.7. The van der Waals surface area contributed by atoms with E-state index in [4.69, 9.17) is 0 Å². The number of hydrogen-bond acceptors (Lipinski definition) is 2. The number of rotatable bonds is 5. The molecule has 1 aliphatic heterocycles. The van der Waals surface area contributed by atoms with Crippen molar-refractivity contribution >= 4 is 22.6 Å². The molecule has 1 saturated carbocycles. The quantitative estimate of drug-likeness (QED) is 0.882. The van der Waals surface area contributed by atoms with Crippen LogP contribution in [0.1, 0.15) is 46.8 Å². The SMILES string of the molecule is CC(=O)NCCc1cc(CC2CC2)cc2ccc3c(c12)CCNC3=O. The average molecular weight is 336 g/mol. The van der Waals surface area contributed by atoms with Crippen molar-refractivity contribution in [3.63, 3.8) is 0 Å². The Bertz CT molecular complexity index is 853. The molecule has 2 N–H and O–H groups in total. The van der Waals surface area contributed by atoms with Gasteiger partial charge in [0.1, 0.15) is 0 Å². The first-order valence-electron chi connectivity index (χ1n) is 9.22. The van der Waals surface area contributed by atoms with Crippen LogP contribution in [0.5, 0.6) is 0 Å². The molecule has 1 aliphatic carbocycles. The summed E-state index contributed by atoms with van der Waals surface area (Å²) in [6.45, 7) is 2.88. The number of benzene rings is 2. The lowest BCUT2D eigenvalue weighted by molar-refractivity contribution is -0.118. The minimum absolute atomic E-state index is 0.000141. The van der Waals surface area contributed by atoms with E-state index in [-0.39, 0.29) is 11.8 Å². The molecule has 4 heteroatoms. The maximum absolute atomic E-state index is 12.2. The molecule has 2 aromatic rings. The Morgan fingerprint density at radius 3 is 2.88 bits per heavy atom. The third kappa shape index (κ3) is 3.39. The van der Waals surface area contributed by atoms with Crippen molar-refractivity contribution in [1.29, 1.82) is 0 Å². The summed E-state index contributed by atoms with van der Waals surface area (Å²) in [6.07, 6.45) is 5.48. The minimum atomic E-state index is -0.000141. The van der Waals surface area contributed by atoms with Crippen LogP contribution in [0.25, 0.3) is 10.8 Å². The second-order valence-corrected chi connectivity index (χ2v) is 7.33. The maximum atomic E-state index is 12.2. The van der Waals surface area contributed by atoms with Gasteiger partial charge in [0, 0.05) is 25.6 Å². The zero-order valence-electron chi connectivity index (χ0n) is 14.7. The molecule has 2 aromatic carbocycles. The summed E-state index contributed by atoms with van der Waals surface area (Å²) in [4.78, 5) is 23.4. The fourth-order valence-electron chi connectivity index (χ4n) is 3.91. The first-order valence-corrected chi connectivity index (χ1v) is 9.22. The number of carbonyl (C=O) groups is 2. The van der Waals surface area contributed by atoms with Crippen molar-refractivity contribution in [2.45, 2.75) is 39.0 Å². The van der Waals surface area contributed by atoms with Crippen LogP contribution in [0.4, 0.5) is 0 Å². The van der Waals surface area contributed by atoms with Gasteiger partial charge < -0.3 is 10.6 Å². The molecule has 1 fully saturated rings. The number of amides is 2. The van der Waals surface area contributed by atoms with Crippen molar-refractivity contribution in [2.75, 3.05) is 13.1 Å². The molecule has 1 heterocycles. The fraction of sp³-hybridized carbons (Fsp3) is 0.429. The maximum Gasteiger partial charge on any atom is 0.251 e. The predicted molar refractivity (Wildman–Crippen MR) is 98.8 cm³/mol. The average Bonchev–Trinajstić information content (AvgIpc) is 3.38. The normalized spacial score (nSPS) is 16.4. The largest absolute Gasteiger partial charge is 0.356 e. The zero-order chi connectivity index (χ0) is 17.4. The van der Waals surface area contributed by atoms with Gasteiger partial charge in [0.05, 0.1) is 0 Å². The van der Waals surface area contributed by atoms with Crippen LogP contribution in [0.2, 0.25) is 0 Å². The smallest absolute Gasteiger partial charge is 0.251 e. The molecule has 0 spiro atoms. The van der Waals surface area contributed by atoms with E-state index in [1.165, 1.54) is 34.7 Å². The van der Waals surface area contributed by atoms with E-state index >= 15 is 0 Å². The highest BCUT2D eigenvalue weighted by molar-refractivity contribution is 6.03. The molecule has 4 rings (SSSR count). The molecule has 2 amide bonds. The molecule has 0 atom stereocenters. The highest BCUT2D eigenvalue weighted by atomic mass is 16.2. The van der Waals surface area contributed by atoms with Gasteiger partial charge in [-0.3, -0.25) is 9.59 Å². The van der Waals surface area contributed by atoms with Gasteiger partial charge in [-0.05, 0) is 71.6 Å². The molecule has 2 aliphatic rings. The van der Waals surface area contributed by atoms with E-state index in [9.17, 15) is 9.59 Å². The topological polar surface area (TPSA) is 58.2 Å². The lowest BCUT2D eigenvalue weighted by atomic mass is 9.88. The number of carbonyl (C=O) groups excluding carboxylic acids is 2. The van der Waals surface area contributed by atoms with Crippen molar-refractivity contribution < 1.29 is 9.59 Å². The highest BCUT2D eigenvalue weighted by Crippen LogP contribution is 2.35. The first kappa shape index (κ1) is 16.1. The van der Waals surface area contributed by atoms with Crippen LogP contribution in [0, 0.1) is 5.92 Å². The summed E-state index contributed by atoms with van der Waals surface area (Å²) in [5, 5.41) is 8.28. The summed E-state index contributed by atoms with van der Waals surface area (Å²) in [5.74, 6) is 0.863. The van der Waals surface area contributed by atoms with Crippen LogP contribution < -0.4 is 10.6 Å². The van der Waals surface area contributed by atoms with Crippen LogP contribution in [-0.2, 0) is 24.1 Å². The Hall–Kier alpha value is -2.36. The Balaban J connectivity index is 1.79. The van der Waals surface area contributed by atoms with E-state index in [1.54, 1.807) is 6.92 Å². The molecule has 25 heavy (non-hydrogen) atoms. The van der Waals surface area contributed by atoms with Crippen molar-refractivity contribution in [1.82, 2.24) is 10.6 Å². The number of fused-ring (bicyclic) bond motifs is 3. The second-order valence-electron chi connectivity index (χ2n) is 7.33. The Labute approximate surface area is 148 Å². The molecule has 0 unspecified atom stereocenters. The molecule has 0 radical (unpaired) electrons. The van der Waals surface area contributed by atoms with Gasteiger partial charge in [-0.25, -0.2) is 0 Å². The summed E-state index contributed by atoms with van der Waals surface area (Å²) < 4.78 is 0. The third-order valence-corrected chi connectivity index (χ3v) is 5.26. The second kappa shape index (κ2) is 6.51. The standard InChI is InChI=1S/C21H24N2O2/c1-13(24)22-8-6-17-12-15(10-14-2-3-14)11-16-4-5-19-18(20(16)17)7-9-23-21(19)25/h4-5,11-12,14H,2-3,6-10H2,1H3,(H,22,24)(H,23,25). The summed E-state index contributed by atoms with van der Waals surface area (Å²) >= 11 is 0. The Morgan fingerprint density at radius 1 is 1.28 bits per heavy atom. The van der Waals surface area contributed by atoms with Gasteiger partial charge in [-0.1, -0.05) is 18.2 Å². The van der Waals surface area contributed by atoms with Gasteiger partial charge in [-0.2, -0.15) is 0 Å². The number of nitrogens with one attached hydrogen (secondary N) is 2. The Morgan fingerprint density at radius 2 is 2.12 bits per heavy atom. The van der Waals surface area contributed by atoms with Crippen LogP contribution in [-0.4, -0.2) is 24.9 Å². The summed E-state index contributed by atoms with van der Waals surface area (Å²) in [7, 11) is 0. The van der Waals surface area contributed by atoms with Crippen LogP contribution in [0.3, 0.4) is 0 Å². The van der Waals surface area contributed by atoms with Gasteiger partial charge >= 0.3 is 0 Å². The van der Waals surface area contributed by atoms with E-state index in [2.05, 4.69) is 28.8 Å². The first-order chi connectivity index (χ1) is 12.1. The van der Waals surface area contributed by atoms with Gasteiger partial charge in [0.15, 0.2) is 0 Å². The highest BCUT2D eigenvalue weighted by Gasteiger charge is 2.24. The van der Waals surface area contributed by atoms with E-state index in [0.29, 0.717) is 13.1 Å². The monoisotopic (exact) mass is 336 g/mol. The van der Waals surface area contributed by atoms with Gasteiger partial charge in [-0.15, -0.1) is 0 Å². The molecular formula is C21H24N2O2. The minimum Gasteiger partial charge on any atom is -0.356 e. The molecule has 4 nitrogen and oxygen atoms in total. The fourth-order valence-corrected chi connectivity index (χ4v) is 3.91. The van der Waals surface area contributed by atoms with Crippen molar-refractivity contribution in [3.8, 4) is 0 Å². The van der Waals surface area contributed by atoms with Gasteiger partial charge in [0.2, 0.25) is 5.91 Å². The third-order valence-electron chi connectivity index (χ3n) is 5.26. The summed E-state index contributed by atoms with van der Waals surface area (Å²) in [5.41, 5.74) is 4.60. The van der Waals surface area contributed by atoms with E-state index in [0.717, 1.165) is 36.3 Å². The van der Waals surface area contributed by atoms with Crippen molar-refractivity contribution in [3.05, 3.63) is 46.5 Å². The predicted octanol–water partition coefficient (Wildman–Crippen LogP) is 2.76. The molecule has 0 saturated heterocycles. The molecular weight excluding hydrogens is 312 g/mol. The van der Waals surface area contributed by atoms with E-state index < -0.39 is 0 Å². The molecule has 130 valence electrons. The van der Waals surface area contributed by atoms with E-state index in [1.807, 2.05) is 6.07 Å². The number of hydrogen-bond donors (Lipinski definition) is 2. The Kier molecular flexibility index (Phi) is 4.20. The lowest BCUT2D eigenvalue weighted by Gasteiger charge is -2.21. The van der Waals surface area contributed by atoms with Crippen molar-refractivity contribution in [2.24, 2.45) is 5.92 Å². The van der Waals surface area contributed by atoms with Crippen LogP contribution >= 0.6 is 0 Å². The molecule has 0 bridgehead atoms. The van der Waals surface area contributed by atoms with Crippen LogP contribution in [0.15, 0.2) is 24.3 Å². The van der Waals surface area contributed by atoms with Gasteiger partial charge in [0.25, 0.3) is 5.91 Å².